The van der Waals surface area contributed by atoms with Crippen molar-refractivity contribution in [3.63, 3.8) is 0 Å². The van der Waals surface area contributed by atoms with Crippen molar-refractivity contribution in [2.24, 2.45) is 0 Å². The largest absolute Gasteiger partial charge is 0.462 e. The number of anilines is 2. The molecule has 5 rings (SSSR count). The Morgan fingerprint density at radius 2 is 1.59 bits per heavy atom. The van der Waals surface area contributed by atoms with Gasteiger partial charge in [0.15, 0.2) is 0 Å². The molecule has 4 aromatic carbocycles. The summed E-state index contributed by atoms with van der Waals surface area (Å²) < 4.78 is 5.30. The number of esters is 1. The third-order valence-corrected chi connectivity index (χ3v) is 9.30. The SMILES string of the molecule is CCOC(=O)c1c(-c2ccccc2)csc1NC(=O)C(C)Sc1cccc(NC(=O)/C(=C\c2ccc([N+](=O)[O-])cc2)NC(=O)c2ccccc2)c1. The molecule has 13 heteroatoms. The highest BCUT2D eigenvalue weighted by Crippen LogP contribution is 2.37. The maximum absolute atomic E-state index is 13.5. The summed E-state index contributed by atoms with van der Waals surface area (Å²) >= 11 is 2.49. The Balaban J connectivity index is 1.31. The molecule has 0 aliphatic heterocycles. The number of hydrogen-bond acceptors (Lipinski definition) is 9. The van der Waals surface area contributed by atoms with Gasteiger partial charge in [0.1, 0.15) is 16.3 Å². The van der Waals surface area contributed by atoms with Crippen LogP contribution in [0.25, 0.3) is 17.2 Å². The number of ether oxygens (including phenoxy) is 1. The Morgan fingerprint density at radius 1 is 0.902 bits per heavy atom. The van der Waals surface area contributed by atoms with Crippen molar-refractivity contribution < 1.29 is 28.8 Å². The van der Waals surface area contributed by atoms with Gasteiger partial charge in [-0.3, -0.25) is 24.5 Å². The van der Waals surface area contributed by atoms with E-state index in [0.29, 0.717) is 37.8 Å². The lowest BCUT2D eigenvalue weighted by atomic mass is 10.0. The molecule has 0 aliphatic carbocycles. The van der Waals surface area contributed by atoms with Gasteiger partial charge in [-0.2, -0.15) is 0 Å². The van der Waals surface area contributed by atoms with Gasteiger partial charge >= 0.3 is 5.97 Å². The molecule has 0 bridgehead atoms. The molecule has 3 N–H and O–H groups in total. The van der Waals surface area contributed by atoms with E-state index in [0.717, 1.165) is 5.56 Å². The van der Waals surface area contributed by atoms with Crippen molar-refractivity contribution in [1.82, 2.24) is 5.32 Å². The van der Waals surface area contributed by atoms with Crippen molar-refractivity contribution in [3.8, 4) is 11.1 Å². The Bertz CT molecular complexity index is 2080. The van der Waals surface area contributed by atoms with Crippen molar-refractivity contribution in [2.45, 2.75) is 24.0 Å². The molecule has 1 unspecified atom stereocenters. The minimum absolute atomic E-state index is 0.0910. The van der Waals surface area contributed by atoms with Gasteiger partial charge < -0.3 is 20.7 Å². The molecule has 3 amide bonds. The number of nitrogens with zero attached hydrogens (tertiary/aromatic N) is 1. The summed E-state index contributed by atoms with van der Waals surface area (Å²) in [5, 5.41) is 21.0. The topological polar surface area (TPSA) is 157 Å². The standard InChI is InChI=1S/C38H32N4O7S2/c1-3-49-38(46)33-31(26-11-6-4-7-12-26)23-50-37(33)41-34(43)24(2)51-30-16-10-15-28(22-30)39-36(45)32(40-35(44)27-13-8-5-9-14-27)21-25-17-19-29(20-18-25)42(47)48/h4-24H,3H2,1-2H3,(H,39,45)(H,40,44)(H,41,43)/b32-21+. The van der Waals surface area contributed by atoms with E-state index in [1.54, 1.807) is 68.4 Å². The molecule has 0 aliphatic rings. The first-order valence-electron chi connectivity index (χ1n) is 15.7. The minimum atomic E-state index is -0.635. The van der Waals surface area contributed by atoms with Crippen molar-refractivity contribution in [2.75, 3.05) is 17.2 Å². The van der Waals surface area contributed by atoms with Crippen LogP contribution in [0.15, 0.2) is 125 Å². The fourth-order valence-corrected chi connectivity index (χ4v) is 6.69. The van der Waals surface area contributed by atoms with Crippen molar-refractivity contribution >= 4 is 69.2 Å². The van der Waals surface area contributed by atoms with Gasteiger partial charge in [-0.15, -0.1) is 23.1 Å². The van der Waals surface area contributed by atoms with E-state index in [9.17, 15) is 29.3 Å². The summed E-state index contributed by atoms with van der Waals surface area (Å²) in [5.74, 6) is -2.02. The number of carbonyl (C=O) groups is 4. The third kappa shape index (κ3) is 9.56. The lowest BCUT2D eigenvalue weighted by Gasteiger charge is -2.14. The molecule has 0 radical (unpaired) electrons. The lowest BCUT2D eigenvalue weighted by Crippen LogP contribution is -2.30. The molecule has 1 aromatic heterocycles. The first kappa shape index (κ1) is 36.2. The van der Waals surface area contributed by atoms with Crippen molar-refractivity contribution in [3.05, 3.63) is 147 Å². The van der Waals surface area contributed by atoms with Crippen LogP contribution in [0.1, 0.15) is 40.1 Å². The molecule has 51 heavy (non-hydrogen) atoms. The molecule has 0 spiro atoms. The van der Waals surface area contributed by atoms with Crippen LogP contribution in [0.5, 0.6) is 0 Å². The second-order valence-electron chi connectivity index (χ2n) is 10.9. The Kier molecular flexibility index (Phi) is 12.1. The zero-order valence-corrected chi connectivity index (χ0v) is 29.1. The summed E-state index contributed by atoms with van der Waals surface area (Å²) in [5.41, 5.74) is 2.76. The van der Waals surface area contributed by atoms with E-state index < -0.39 is 28.0 Å². The van der Waals surface area contributed by atoms with Crippen LogP contribution in [0.3, 0.4) is 0 Å². The molecule has 11 nitrogen and oxygen atoms in total. The molecule has 5 aromatic rings. The summed E-state index contributed by atoms with van der Waals surface area (Å²) in [6.07, 6.45) is 1.42. The first-order valence-corrected chi connectivity index (χ1v) is 17.4. The molecule has 0 saturated heterocycles. The van der Waals surface area contributed by atoms with E-state index >= 15 is 0 Å². The van der Waals surface area contributed by atoms with Crippen molar-refractivity contribution in [1.29, 1.82) is 0 Å². The van der Waals surface area contributed by atoms with Gasteiger partial charge in [0.2, 0.25) is 5.91 Å². The number of nitro benzene ring substituents is 1. The van der Waals surface area contributed by atoms with E-state index in [1.165, 1.54) is 53.4 Å². The zero-order valence-electron chi connectivity index (χ0n) is 27.5. The molecular formula is C38H32N4O7S2. The number of rotatable bonds is 13. The minimum Gasteiger partial charge on any atom is -0.462 e. The summed E-state index contributed by atoms with van der Waals surface area (Å²) in [4.78, 5) is 64.1. The van der Waals surface area contributed by atoms with Gasteiger partial charge in [-0.25, -0.2) is 4.79 Å². The molecular weight excluding hydrogens is 689 g/mol. The predicted octanol–water partition coefficient (Wildman–Crippen LogP) is 8.03. The van der Waals surface area contributed by atoms with Crippen LogP contribution in [0.2, 0.25) is 0 Å². The van der Waals surface area contributed by atoms with Crippen LogP contribution in [0, 0.1) is 10.1 Å². The summed E-state index contributed by atoms with van der Waals surface area (Å²) in [6.45, 7) is 3.63. The van der Waals surface area contributed by atoms with Crippen LogP contribution in [0.4, 0.5) is 16.4 Å². The Morgan fingerprint density at radius 3 is 2.25 bits per heavy atom. The second kappa shape index (κ2) is 17.1. The monoisotopic (exact) mass is 720 g/mol. The van der Waals surface area contributed by atoms with Gasteiger partial charge in [-0.1, -0.05) is 54.6 Å². The van der Waals surface area contributed by atoms with E-state index in [1.807, 2.05) is 35.7 Å². The molecule has 1 heterocycles. The van der Waals surface area contributed by atoms with Gasteiger partial charge in [0, 0.05) is 39.2 Å². The van der Waals surface area contributed by atoms with Crippen LogP contribution in [-0.2, 0) is 14.3 Å². The van der Waals surface area contributed by atoms with Crippen LogP contribution < -0.4 is 16.0 Å². The predicted molar refractivity (Wildman–Crippen MR) is 200 cm³/mol. The zero-order chi connectivity index (χ0) is 36.3. The van der Waals surface area contributed by atoms with Gasteiger partial charge in [0.25, 0.3) is 17.5 Å². The summed E-state index contributed by atoms with van der Waals surface area (Å²) in [6, 6.07) is 30.1. The molecule has 258 valence electrons. The van der Waals surface area contributed by atoms with E-state index in [-0.39, 0.29) is 23.9 Å². The van der Waals surface area contributed by atoms with E-state index in [2.05, 4.69) is 16.0 Å². The number of thioether (sulfide) groups is 1. The maximum atomic E-state index is 13.5. The lowest BCUT2D eigenvalue weighted by molar-refractivity contribution is -0.384. The number of benzene rings is 4. The Hall–Kier alpha value is -6.05. The average molecular weight is 721 g/mol. The number of thiophene rings is 1. The van der Waals surface area contributed by atoms with E-state index in [4.69, 9.17) is 4.74 Å². The van der Waals surface area contributed by atoms with Gasteiger partial charge in [0.05, 0.1) is 16.8 Å². The molecule has 0 fully saturated rings. The number of hydrogen-bond donors (Lipinski definition) is 3. The fraction of sp³-hybridized carbons (Fsp3) is 0.105. The van der Waals surface area contributed by atoms with Gasteiger partial charge in [-0.05, 0) is 73.5 Å². The average Bonchev–Trinajstić information content (AvgIpc) is 3.56. The highest BCUT2D eigenvalue weighted by molar-refractivity contribution is 8.00. The number of amides is 3. The fourth-order valence-electron chi connectivity index (χ4n) is 4.80. The highest BCUT2D eigenvalue weighted by atomic mass is 32.2. The first-order chi connectivity index (χ1) is 24.6. The number of nitrogens with one attached hydrogen (secondary N) is 3. The molecule has 1 atom stereocenters. The quantitative estimate of drug-likeness (QED) is 0.0363. The normalized spacial score (nSPS) is 11.6. The summed E-state index contributed by atoms with van der Waals surface area (Å²) in [7, 11) is 0. The highest BCUT2D eigenvalue weighted by Gasteiger charge is 2.25. The Labute approximate surface area is 301 Å². The smallest absolute Gasteiger partial charge is 0.341 e. The number of carbonyl (C=O) groups excluding carboxylic acids is 4. The number of non-ortho nitro benzene ring substituents is 1. The van der Waals surface area contributed by atoms with Crippen LogP contribution in [-0.4, -0.2) is 40.5 Å². The maximum Gasteiger partial charge on any atom is 0.341 e. The third-order valence-electron chi connectivity index (χ3n) is 7.31. The second-order valence-corrected chi connectivity index (χ2v) is 13.2. The van der Waals surface area contributed by atoms with Crippen LogP contribution >= 0.6 is 23.1 Å². The molecule has 0 saturated carbocycles. The number of nitro groups is 1.